The van der Waals surface area contributed by atoms with E-state index < -0.39 is 11.6 Å². The van der Waals surface area contributed by atoms with Crippen LogP contribution in [-0.4, -0.2) is 29.1 Å². The van der Waals surface area contributed by atoms with Crippen LogP contribution in [0.1, 0.15) is 100 Å². The summed E-state index contributed by atoms with van der Waals surface area (Å²) in [7, 11) is 0. The monoisotopic (exact) mass is 438 g/mol. The van der Waals surface area contributed by atoms with Crippen molar-refractivity contribution in [3.8, 4) is 0 Å². The standard InChI is InChI=1S/C28H38O4/c1-6-7-8-9-18-32-28(24(29)20-10-12-21(13-11-20)25(30)31)15-14-22-23(19-28)27(4,5)17-16-26(22,2)3/h10-15H,6-9,16-19H2,1-5H3,(H,30,31). The van der Waals surface area contributed by atoms with E-state index in [1.54, 1.807) is 12.1 Å². The van der Waals surface area contributed by atoms with Gasteiger partial charge in [-0.25, -0.2) is 4.79 Å². The van der Waals surface area contributed by atoms with E-state index >= 15 is 0 Å². The number of hydrogen-bond donors (Lipinski definition) is 1. The molecule has 1 aromatic rings. The number of hydrogen-bond acceptors (Lipinski definition) is 3. The van der Waals surface area contributed by atoms with Crippen LogP contribution < -0.4 is 0 Å². The Labute approximate surface area is 192 Å². The minimum absolute atomic E-state index is 0.0138. The van der Waals surface area contributed by atoms with Gasteiger partial charge in [0.15, 0.2) is 11.4 Å². The highest BCUT2D eigenvalue weighted by molar-refractivity contribution is 6.05. The first kappa shape index (κ1) is 24.4. The summed E-state index contributed by atoms with van der Waals surface area (Å²) >= 11 is 0. The molecule has 2 aliphatic carbocycles. The Balaban J connectivity index is 1.95. The molecule has 1 aromatic carbocycles. The molecule has 0 bridgehead atoms. The maximum Gasteiger partial charge on any atom is 0.335 e. The smallest absolute Gasteiger partial charge is 0.335 e. The van der Waals surface area contributed by atoms with Crippen molar-refractivity contribution in [3.63, 3.8) is 0 Å². The first-order valence-electron chi connectivity index (χ1n) is 12.0. The highest BCUT2D eigenvalue weighted by Gasteiger charge is 2.47. The minimum atomic E-state index is -1.04. The number of ketones is 1. The van der Waals surface area contributed by atoms with Gasteiger partial charge in [-0.1, -0.05) is 77.7 Å². The van der Waals surface area contributed by atoms with Crippen molar-refractivity contribution < 1.29 is 19.4 Å². The van der Waals surface area contributed by atoms with Gasteiger partial charge >= 0.3 is 5.97 Å². The van der Waals surface area contributed by atoms with Gasteiger partial charge in [-0.3, -0.25) is 4.79 Å². The van der Waals surface area contributed by atoms with E-state index in [-0.39, 0.29) is 22.2 Å². The summed E-state index contributed by atoms with van der Waals surface area (Å²) in [5.41, 5.74) is 2.38. The average Bonchev–Trinajstić information content (AvgIpc) is 2.76. The molecule has 0 aromatic heterocycles. The molecule has 0 spiro atoms. The Hall–Kier alpha value is -2.20. The second-order valence-corrected chi connectivity index (χ2v) is 10.7. The van der Waals surface area contributed by atoms with E-state index in [9.17, 15) is 14.7 Å². The van der Waals surface area contributed by atoms with Gasteiger partial charge in [0.1, 0.15) is 0 Å². The molecular formula is C28H38O4. The topological polar surface area (TPSA) is 63.6 Å². The lowest BCUT2D eigenvalue weighted by Gasteiger charge is -2.48. The molecule has 3 rings (SSSR count). The summed E-state index contributed by atoms with van der Waals surface area (Å²) in [4.78, 5) is 25.1. The molecule has 1 unspecified atom stereocenters. The van der Waals surface area contributed by atoms with Gasteiger partial charge in [0, 0.05) is 18.6 Å². The lowest BCUT2D eigenvalue weighted by molar-refractivity contribution is -0.00424. The first-order chi connectivity index (χ1) is 15.0. The summed E-state index contributed by atoms with van der Waals surface area (Å²) in [5, 5.41) is 9.21. The van der Waals surface area contributed by atoms with E-state index in [4.69, 9.17) is 4.74 Å². The van der Waals surface area contributed by atoms with Crippen LogP contribution in [0.15, 0.2) is 47.6 Å². The van der Waals surface area contributed by atoms with Crippen LogP contribution in [0.25, 0.3) is 0 Å². The quantitative estimate of drug-likeness (QED) is 0.333. The van der Waals surface area contributed by atoms with Gasteiger partial charge in [-0.15, -0.1) is 0 Å². The fourth-order valence-electron chi connectivity index (χ4n) is 5.00. The molecule has 32 heavy (non-hydrogen) atoms. The van der Waals surface area contributed by atoms with Gasteiger partial charge in [-0.05, 0) is 53.9 Å². The molecule has 0 fully saturated rings. The number of carboxylic acid groups (broad SMARTS) is 1. The molecule has 0 amide bonds. The molecule has 0 aliphatic heterocycles. The summed E-state index contributed by atoms with van der Waals surface area (Å²) < 4.78 is 6.43. The third-order valence-electron chi connectivity index (χ3n) is 7.34. The number of Topliss-reactive ketones (excluding diaryl/α,β-unsaturated/α-hetero) is 1. The fourth-order valence-corrected chi connectivity index (χ4v) is 5.00. The summed E-state index contributed by atoms with van der Waals surface area (Å²) in [5.74, 6) is -1.09. The first-order valence-corrected chi connectivity index (χ1v) is 12.0. The number of rotatable bonds is 9. The number of aromatic carboxylic acids is 1. The van der Waals surface area contributed by atoms with E-state index in [1.807, 2.05) is 6.08 Å². The highest BCUT2D eigenvalue weighted by atomic mass is 16.5. The lowest BCUT2D eigenvalue weighted by atomic mass is 9.59. The Morgan fingerprint density at radius 3 is 2.19 bits per heavy atom. The van der Waals surface area contributed by atoms with Crippen LogP contribution in [0.3, 0.4) is 0 Å². The molecular weight excluding hydrogens is 400 g/mol. The number of benzene rings is 1. The lowest BCUT2D eigenvalue weighted by Crippen LogP contribution is -2.46. The summed E-state index contributed by atoms with van der Waals surface area (Å²) in [6.45, 7) is 11.8. The third kappa shape index (κ3) is 4.91. The minimum Gasteiger partial charge on any atom is -0.478 e. The second kappa shape index (κ2) is 9.35. The van der Waals surface area contributed by atoms with Crippen LogP contribution >= 0.6 is 0 Å². The molecule has 1 atom stereocenters. The van der Waals surface area contributed by atoms with Gasteiger partial charge in [-0.2, -0.15) is 0 Å². The Morgan fingerprint density at radius 2 is 1.56 bits per heavy atom. The fraction of sp³-hybridized carbons (Fsp3) is 0.571. The van der Waals surface area contributed by atoms with Crippen molar-refractivity contribution in [2.45, 2.75) is 85.2 Å². The maximum atomic E-state index is 13.8. The zero-order valence-electron chi connectivity index (χ0n) is 20.3. The van der Waals surface area contributed by atoms with Crippen molar-refractivity contribution in [1.82, 2.24) is 0 Å². The zero-order chi connectivity index (χ0) is 23.6. The molecule has 174 valence electrons. The van der Waals surface area contributed by atoms with Gasteiger partial charge in [0.05, 0.1) is 5.56 Å². The summed E-state index contributed by atoms with van der Waals surface area (Å²) in [6.07, 6.45) is 11.2. The van der Waals surface area contributed by atoms with E-state index in [0.717, 1.165) is 38.5 Å². The van der Waals surface area contributed by atoms with E-state index in [2.05, 4.69) is 40.7 Å². The number of ether oxygens (including phenoxy) is 1. The van der Waals surface area contributed by atoms with Crippen LogP contribution in [0.4, 0.5) is 0 Å². The van der Waals surface area contributed by atoms with E-state index in [0.29, 0.717) is 18.6 Å². The molecule has 4 heteroatoms. The zero-order valence-corrected chi connectivity index (χ0v) is 20.3. The maximum absolute atomic E-state index is 13.8. The van der Waals surface area contributed by atoms with Crippen molar-refractivity contribution in [1.29, 1.82) is 0 Å². The van der Waals surface area contributed by atoms with Crippen LogP contribution in [-0.2, 0) is 4.74 Å². The third-order valence-corrected chi connectivity index (χ3v) is 7.34. The van der Waals surface area contributed by atoms with E-state index in [1.165, 1.54) is 23.3 Å². The largest absolute Gasteiger partial charge is 0.478 e. The SMILES string of the molecule is CCCCCCOC1(C(=O)c2ccc(C(=O)O)cc2)C=CC2=C(C1)C(C)(C)CCC2(C)C. The molecule has 0 saturated heterocycles. The molecule has 0 saturated carbocycles. The number of carbonyl (C=O) groups is 2. The Morgan fingerprint density at radius 1 is 0.938 bits per heavy atom. The molecule has 1 N–H and O–H groups in total. The molecule has 0 radical (unpaired) electrons. The van der Waals surface area contributed by atoms with Crippen LogP contribution in [0.5, 0.6) is 0 Å². The van der Waals surface area contributed by atoms with Crippen molar-refractivity contribution in [2.24, 2.45) is 10.8 Å². The van der Waals surface area contributed by atoms with Crippen molar-refractivity contribution in [2.75, 3.05) is 6.61 Å². The highest BCUT2D eigenvalue weighted by Crippen LogP contribution is 2.54. The number of unbranched alkanes of at least 4 members (excludes halogenated alkanes) is 3. The second-order valence-electron chi connectivity index (χ2n) is 10.7. The van der Waals surface area contributed by atoms with Crippen molar-refractivity contribution in [3.05, 3.63) is 58.7 Å². The molecule has 2 aliphatic rings. The normalized spacial score (nSPS) is 23.7. The Bertz CT molecular complexity index is 917. The average molecular weight is 439 g/mol. The predicted molar refractivity (Wildman–Crippen MR) is 128 cm³/mol. The summed E-state index contributed by atoms with van der Waals surface area (Å²) in [6, 6.07) is 6.22. The molecule has 4 nitrogen and oxygen atoms in total. The van der Waals surface area contributed by atoms with Gasteiger partial charge in [0.25, 0.3) is 0 Å². The van der Waals surface area contributed by atoms with Crippen LogP contribution in [0.2, 0.25) is 0 Å². The van der Waals surface area contributed by atoms with Crippen LogP contribution in [0, 0.1) is 10.8 Å². The van der Waals surface area contributed by atoms with Crippen molar-refractivity contribution >= 4 is 11.8 Å². The van der Waals surface area contributed by atoms with Gasteiger partial charge < -0.3 is 9.84 Å². The number of carbonyl (C=O) groups excluding carboxylic acids is 1. The Kier molecular flexibility index (Phi) is 7.14. The number of carboxylic acids is 1. The molecule has 0 heterocycles. The predicted octanol–water partition coefficient (Wildman–Crippen LogP) is 7.01. The van der Waals surface area contributed by atoms with Gasteiger partial charge in [0.2, 0.25) is 0 Å². The number of allylic oxidation sites excluding steroid dienone is 2.